The Labute approximate surface area is 188 Å². The molecule has 1 saturated carbocycles. The Balaban J connectivity index is 1.18. The first-order valence-electron chi connectivity index (χ1n) is 11.8. The molecule has 3 saturated heterocycles. The monoisotopic (exact) mass is 439 g/mol. The van der Waals surface area contributed by atoms with Crippen molar-refractivity contribution < 1.29 is 14.6 Å². The number of aliphatic hydroxyl groups is 1. The number of rotatable bonds is 7. The molecule has 2 N–H and O–H groups in total. The summed E-state index contributed by atoms with van der Waals surface area (Å²) in [6.45, 7) is 3.06. The van der Waals surface area contributed by atoms with Crippen molar-refractivity contribution in [2.75, 3.05) is 20.2 Å². The highest BCUT2D eigenvalue weighted by atomic mass is 16.5. The van der Waals surface area contributed by atoms with Gasteiger partial charge in [-0.05, 0) is 44.2 Å². The van der Waals surface area contributed by atoms with Crippen molar-refractivity contribution in [3.05, 3.63) is 41.7 Å². The van der Waals surface area contributed by atoms with Gasteiger partial charge in [0.25, 0.3) is 0 Å². The lowest BCUT2D eigenvalue weighted by Gasteiger charge is -2.49. The Kier molecular flexibility index (Phi) is 5.90. The van der Waals surface area contributed by atoms with Gasteiger partial charge in [0.1, 0.15) is 17.0 Å². The van der Waals surface area contributed by atoms with E-state index in [0.717, 1.165) is 69.5 Å². The van der Waals surface area contributed by atoms with E-state index in [1.165, 1.54) is 0 Å². The number of hydrogen-bond donors (Lipinski definition) is 2. The van der Waals surface area contributed by atoms with Crippen LogP contribution in [0.4, 0.5) is 0 Å². The van der Waals surface area contributed by atoms with Gasteiger partial charge in [0.15, 0.2) is 0 Å². The molecule has 4 atom stereocenters. The number of hydrogen-bond acceptors (Lipinski definition) is 6. The van der Waals surface area contributed by atoms with Crippen LogP contribution in [0.3, 0.4) is 0 Å². The Morgan fingerprint density at radius 2 is 2.12 bits per heavy atom. The van der Waals surface area contributed by atoms with E-state index >= 15 is 0 Å². The maximum absolute atomic E-state index is 13.0. The third kappa shape index (κ3) is 4.13. The van der Waals surface area contributed by atoms with Crippen molar-refractivity contribution in [2.45, 2.75) is 63.3 Å². The lowest BCUT2D eigenvalue weighted by Crippen LogP contribution is -2.58. The number of piperidine rings is 3. The summed E-state index contributed by atoms with van der Waals surface area (Å²) in [4.78, 5) is 15.4. The highest BCUT2D eigenvalue weighted by Crippen LogP contribution is 2.39. The molecule has 8 heteroatoms. The number of ether oxygens (including phenoxy) is 1. The second-order valence-corrected chi connectivity index (χ2v) is 9.63. The van der Waals surface area contributed by atoms with Gasteiger partial charge in [0, 0.05) is 24.7 Å². The first-order chi connectivity index (χ1) is 15.6. The first kappa shape index (κ1) is 21.4. The van der Waals surface area contributed by atoms with Gasteiger partial charge in [-0.3, -0.25) is 14.4 Å². The Bertz CT molecular complexity index is 955. The zero-order valence-electron chi connectivity index (χ0n) is 18.7. The van der Waals surface area contributed by atoms with Crippen LogP contribution in [-0.4, -0.2) is 57.1 Å². The van der Waals surface area contributed by atoms with Crippen LogP contribution in [0.15, 0.2) is 30.5 Å². The minimum Gasteiger partial charge on any atom is -0.496 e. The molecule has 3 aliphatic heterocycles. The van der Waals surface area contributed by atoms with E-state index in [-0.39, 0.29) is 11.8 Å². The number of nitrogens with one attached hydrogen (secondary N) is 1. The van der Waals surface area contributed by atoms with Crippen molar-refractivity contribution in [1.29, 1.82) is 0 Å². The summed E-state index contributed by atoms with van der Waals surface area (Å²) in [5.74, 6) is 1.36. The number of methoxy groups -OCH3 is 1. The maximum Gasteiger partial charge on any atom is 0.224 e. The van der Waals surface area contributed by atoms with Gasteiger partial charge in [0.2, 0.25) is 5.91 Å². The van der Waals surface area contributed by atoms with Gasteiger partial charge in [-0.1, -0.05) is 36.3 Å². The minimum absolute atomic E-state index is 0.0280. The molecule has 4 fully saturated rings. The van der Waals surface area contributed by atoms with E-state index < -0.39 is 5.60 Å². The molecule has 1 aliphatic carbocycles. The maximum atomic E-state index is 13.0. The zero-order valence-corrected chi connectivity index (χ0v) is 18.7. The summed E-state index contributed by atoms with van der Waals surface area (Å²) in [6.07, 6.45) is 7.61. The van der Waals surface area contributed by atoms with Crippen molar-refractivity contribution >= 4 is 5.91 Å². The standard InChI is InChI=1S/C24H33N5O3/c1-32-21-7-3-2-6-18(21)13-25-23(30)20-15-28-11-8-17(20)12-19(28)14-29-16-22(26-27-29)24(31)9-4-5-10-24/h2-3,6-7,16-17,19-20,31H,4-5,8-15H2,1H3,(H,25,30). The van der Waals surface area contributed by atoms with Gasteiger partial charge < -0.3 is 15.2 Å². The van der Waals surface area contributed by atoms with Crippen molar-refractivity contribution in [1.82, 2.24) is 25.2 Å². The lowest BCUT2D eigenvalue weighted by molar-refractivity contribution is -0.133. The molecule has 1 aromatic heterocycles. The van der Waals surface area contributed by atoms with Gasteiger partial charge in [0.05, 0.1) is 25.8 Å². The van der Waals surface area contributed by atoms with Crippen molar-refractivity contribution in [3.8, 4) is 5.75 Å². The average Bonchev–Trinajstić information content (AvgIpc) is 3.48. The fraction of sp³-hybridized carbons (Fsp3) is 0.625. The molecule has 4 unspecified atom stereocenters. The fourth-order valence-corrected chi connectivity index (χ4v) is 5.82. The van der Waals surface area contributed by atoms with E-state index in [4.69, 9.17) is 4.74 Å². The third-order valence-corrected chi connectivity index (χ3v) is 7.70. The van der Waals surface area contributed by atoms with Crippen LogP contribution in [0.1, 0.15) is 49.8 Å². The van der Waals surface area contributed by atoms with E-state index in [9.17, 15) is 9.90 Å². The molecule has 6 rings (SSSR count). The largest absolute Gasteiger partial charge is 0.496 e. The molecule has 4 heterocycles. The molecule has 4 aliphatic rings. The van der Waals surface area contributed by atoms with Crippen LogP contribution in [0, 0.1) is 11.8 Å². The first-order valence-corrected chi connectivity index (χ1v) is 11.8. The van der Waals surface area contributed by atoms with Crippen LogP contribution in [-0.2, 0) is 23.5 Å². The summed E-state index contributed by atoms with van der Waals surface area (Å²) >= 11 is 0. The van der Waals surface area contributed by atoms with Crippen molar-refractivity contribution in [2.24, 2.45) is 11.8 Å². The summed E-state index contributed by atoms with van der Waals surface area (Å²) in [5.41, 5.74) is 0.905. The zero-order chi connectivity index (χ0) is 22.1. The number of carbonyl (C=O) groups excluding carboxylic acids is 1. The summed E-state index contributed by atoms with van der Waals surface area (Å²) in [6, 6.07) is 8.16. The molecule has 1 amide bonds. The van der Waals surface area contributed by atoms with Crippen LogP contribution in [0.2, 0.25) is 0 Å². The number of nitrogens with zero attached hydrogens (tertiary/aromatic N) is 4. The molecule has 172 valence electrons. The van der Waals surface area contributed by atoms with Gasteiger partial charge in [-0.25, -0.2) is 0 Å². The fourth-order valence-electron chi connectivity index (χ4n) is 5.82. The Hall–Kier alpha value is -2.45. The Morgan fingerprint density at radius 3 is 2.88 bits per heavy atom. The molecule has 8 nitrogen and oxygen atoms in total. The highest BCUT2D eigenvalue weighted by molar-refractivity contribution is 5.79. The van der Waals surface area contributed by atoms with Gasteiger partial charge in [-0.2, -0.15) is 0 Å². The summed E-state index contributed by atoms with van der Waals surface area (Å²) in [7, 11) is 1.65. The average molecular weight is 440 g/mol. The molecule has 0 spiro atoms. The third-order valence-electron chi connectivity index (χ3n) is 7.70. The van der Waals surface area contributed by atoms with E-state index in [0.29, 0.717) is 24.2 Å². The van der Waals surface area contributed by atoms with E-state index in [1.54, 1.807) is 7.11 Å². The van der Waals surface area contributed by atoms with E-state index in [1.807, 2.05) is 35.1 Å². The molecule has 0 radical (unpaired) electrons. The second-order valence-electron chi connectivity index (χ2n) is 9.63. The predicted molar refractivity (Wildman–Crippen MR) is 119 cm³/mol. The van der Waals surface area contributed by atoms with E-state index in [2.05, 4.69) is 20.5 Å². The molecule has 32 heavy (non-hydrogen) atoms. The number of carbonyl (C=O) groups is 1. The van der Waals surface area contributed by atoms with Gasteiger partial charge in [-0.15, -0.1) is 5.10 Å². The number of aromatic nitrogens is 3. The lowest BCUT2D eigenvalue weighted by atomic mass is 9.75. The van der Waals surface area contributed by atoms with Crippen molar-refractivity contribution in [3.63, 3.8) is 0 Å². The molecular weight excluding hydrogens is 406 g/mol. The SMILES string of the molecule is COc1ccccc1CNC(=O)C1CN2CCC1CC2Cn1cc(C2(O)CCCC2)nn1. The highest BCUT2D eigenvalue weighted by Gasteiger charge is 2.43. The minimum atomic E-state index is -0.797. The van der Waals surface area contributed by atoms with Crippen LogP contribution in [0.5, 0.6) is 5.75 Å². The Morgan fingerprint density at radius 1 is 1.31 bits per heavy atom. The smallest absolute Gasteiger partial charge is 0.224 e. The van der Waals surface area contributed by atoms with Gasteiger partial charge >= 0.3 is 0 Å². The quantitative estimate of drug-likeness (QED) is 0.686. The topological polar surface area (TPSA) is 92.5 Å². The normalized spacial score (nSPS) is 28.6. The second kappa shape index (κ2) is 8.83. The summed E-state index contributed by atoms with van der Waals surface area (Å²) in [5, 5.41) is 22.5. The number of fused-ring (bicyclic) bond motifs is 3. The molecule has 1 aromatic carbocycles. The van der Waals surface area contributed by atoms with Crippen LogP contribution < -0.4 is 10.1 Å². The summed E-state index contributed by atoms with van der Waals surface area (Å²) < 4.78 is 7.28. The molecular formula is C24H33N5O3. The molecule has 2 bridgehead atoms. The predicted octanol–water partition coefficient (Wildman–Crippen LogP) is 2.08. The molecule has 2 aromatic rings. The van der Waals surface area contributed by atoms with Crippen LogP contribution in [0.25, 0.3) is 0 Å². The van der Waals surface area contributed by atoms with Crippen LogP contribution >= 0.6 is 0 Å². The number of para-hydroxylation sites is 1. The number of amides is 1. The number of benzene rings is 1.